The van der Waals surface area contributed by atoms with E-state index in [0.29, 0.717) is 4.73 Å². The normalized spacial score (nSPS) is 10.5. The fourth-order valence-corrected chi connectivity index (χ4v) is 1.60. The van der Waals surface area contributed by atoms with Gasteiger partial charge in [-0.15, -0.1) is 0 Å². The molecule has 0 aliphatic heterocycles. The van der Waals surface area contributed by atoms with Crippen molar-refractivity contribution in [3.05, 3.63) is 34.5 Å². The molecule has 2 rings (SSSR count). The number of halogens is 1. The Kier molecular flexibility index (Phi) is 2.33. The third-order valence-electron chi connectivity index (χ3n) is 1.84. The van der Waals surface area contributed by atoms with Gasteiger partial charge in [-0.1, -0.05) is 0 Å². The minimum atomic E-state index is 0.572. The molecule has 2 aromatic rings. The topological polar surface area (TPSA) is 43.6 Å². The van der Waals surface area contributed by atoms with Crippen LogP contribution in [-0.2, 0) is 0 Å². The molecule has 0 spiro atoms. The maximum Gasteiger partial charge on any atom is 0.198 e. The lowest BCUT2D eigenvalue weighted by molar-refractivity contribution is 0.796. The van der Waals surface area contributed by atoms with E-state index in [0.717, 1.165) is 17.2 Å². The Hall–Kier alpha value is -1.23. The molecule has 0 fully saturated rings. The van der Waals surface area contributed by atoms with Crippen molar-refractivity contribution in [1.29, 1.82) is 0 Å². The molecule has 0 aromatic carbocycles. The molecular formula is C9H9BrN4. The summed E-state index contributed by atoms with van der Waals surface area (Å²) >= 11 is 3.23. The maximum atomic E-state index is 4.33. The van der Waals surface area contributed by atoms with E-state index in [1.54, 1.807) is 10.9 Å². The maximum absolute atomic E-state index is 4.33. The zero-order chi connectivity index (χ0) is 10.1. The first kappa shape index (κ1) is 9.33. The Labute approximate surface area is 90.1 Å². The van der Waals surface area contributed by atoms with Crippen LogP contribution in [0.2, 0.25) is 0 Å². The molecule has 0 atom stereocenters. The van der Waals surface area contributed by atoms with Gasteiger partial charge in [0.05, 0.1) is 5.69 Å². The number of aryl methyl sites for hydroxylation is 2. The summed E-state index contributed by atoms with van der Waals surface area (Å²) in [6, 6.07) is 3.83. The highest BCUT2D eigenvalue weighted by atomic mass is 79.9. The minimum Gasteiger partial charge on any atom is -0.231 e. The minimum absolute atomic E-state index is 0.572. The highest BCUT2D eigenvalue weighted by Crippen LogP contribution is 2.10. The molecule has 4 nitrogen and oxygen atoms in total. The van der Waals surface area contributed by atoms with Crippen molar-refractivity contribution in [3.63, 3.8) is 0 Å². The van der Waals surface area contributed by atoms with E-state index in [2.05, 4.69) is 31.0 Å². The lowest BCUT2D eigenvalue weighted by Crippen LogP contribution is -2.02. The lowest BCUT2D eigenvalue weighted by atomic mass is 10.4. The number of aromatic nitrogens is 4. The summed E-state index contributed by atoms with van der Waals surface area (Å²) in [4.78, 5) is 8.19. The van der Waals surface area contributed by atoms with Gasteiger partial charge in [-0.25, -0.2) is 14.6 Å². The van der Waals surface area contributed by atoms with Crippen LogP contribution in [0.1, 0.15) is 11.4 Å². The van der Waals surface area contributed by atoms with Gasteiger partial charge in [0.2, 0.25) is 0 Å². The highest BCUT2D eigenvalue weighted by molar-refractivity contribution is 9.10. The predicted molar refractivity (Wildman–Crippen MR) is 56.3 cm³/mol. The summed E-state index contributed by atoms with van der Waals surface area (Å²) in [5.41, 5.74) is 2.05. The Bertz CT molecular complexity index is 464. The largest absolute Gasteiger partial charge is 0.231 e. The van der Waals surface area contributed by atoms with Crippen molar-refractivity contribution < 1.29 is 0 Å². The number of nitrogens with zero attached hydrogens (tertiary/aromatic N) is 4. The summed E-state index contributed by atoms with van der Waals surface area (Å²) in [6.07, 6.45) is 1.70. The molecule has 0 amide bonds. The second kappa shape index (κ2) is 3.49. The summed E-state index contributed by atoms with van der Waals surface area (Å²) in [5, 5.41) is 4.33. The first-order valence-electron chi connectivity index (χ1n) is 4.19. The SMILES string of the molecule is Cc1cc(C)n(-c2ccnc(Br)n2)n1. The van der Waals surface area contributed by atoms with E-state index in [1.165, 1.54) is 0 Å². The van der Waals surface area contributed by atoms with E-state index >= 15 is 0 Å². The van der Waals surface area contributed by atoms with Gasteiger partial charge in [0, 0.05) is 18.0 Å². The van der Waals surface area contributed by atoms with Crippen LogP contribution >= 0.6 is 15.9 Å². The van der Waals surface area contributed by atoms with Crippen LogP contribution in [0.5, 0.6) is 0 Å². The standard InChI is InChI=1S/C9H9BrN4/c1-6-5-7(2)14(13-6)8-3-4-11-9(10)12-8/h3-5H,1-2H3. The highest BCUT2D eigenvalue weighted by Gasteiger charge is 2.04. The average Bonchev–Trinajstić information content (AvgIpc) is 2.45. The van der Waals surface area contributed by atoms with E-state index in [1.807, 2.05) is 26.0 Å². The fourth-order valence-electron chi connectivity index (χ4n) is 1.30. The number of rotatable bonds is 1. The second-order valence-corrected chi connectivity index (χ2v) is 3.73. The van der Waals surface area contributed by atoms with Crippen molar-refractivity contribution in [1.82, 2.24) is 19.7 Å². The Morgan fingerprint density at radius 3 is 2.71 bits per heavy atom. The molecule has 0 N–H and O–H groups in total. The number of hydrogen-bond donors (Lipinski definition) is 0. The monoisotopic (exact) mass is 252 g/mol. The van der Waals surface area contributed by atoms with Crippen molar-refractivity contribution >= 4 is 15.9 Å². The quantitative estimate of drug-likeness (QED) is 0.730. The third-order valence-corrected chi connectivity index (χ3v) is 2.22. The molecule has 0 aliphatic carbocycles. The summed E-state index contributed by atoms with van der Waals surface area (Å²) in [7, 11) is 0. The lowest BCUT2D eigenvalue weighted by Gasteiger charge is -2.02. The van der Waals surface area contributed by atoms with E-state index in [-0.39, 0.29) is 0 Å². The van der Waals surface area contributed by atoms with Crippen LogP contribution in [0.25, 0.3) is 5.82 Å². The van der Waals surface area contributed by atoms with E-state index in [4.69, 9.17) is 0 Å². The van der Waals surface area contributed by atoms with Crippen molar-refractivity contribution in [2.24, 2.45) is 0 Å². The van der Waals surface area contributed by atoms with Crippen LogP contribution < -0.4 is 0 Å². The van der Waals surface area contributed by atoms with Gasteiger partial charge in [0.1, 0.15) is 0 Å². The summed E-state index contributed by atoms with van der Waals surface area (Å²) in [6.45, 7) is 3.95. The zero-order valence-corrected chi connectivity index (χ0v) is 9.48. The van der Waals surface area contributed by atoms with Crippen LogP contribution in [0.4, 0.5) is 0 Å². The predicted octanol–water partition coefficient (Wildman–Crippen LogP) is 2.04. The van der Waals surface area contributed by atoms with Crippen LogP contribution in [0.3, 0.4) is 0 Å². The van der Waals surface area contributed by atoms with E-state index < -0.39 is 0 Å². The van der Waals surface area contributed by atoms with Crippen molar-refractivity contribution in [3.8, 4) is 5.82 Å². The van der Waals surface area contributed by atoms with Gasteiger partial charge in [-0.3, -0.25) is 0 Å². The average molecular weight is 253 g/mol. The molecule has 0 aliphatic rings. The first-order chi connectivity index (χ1) is 6.66. The summed E-state index contributed by atoms with van der Waals surface area (Å²) < 4.78 is 2.37. The van der Waals surface area contributed by atoms with Gasteiger partial charge in [0.25, 0.3) is 0 Å². The molecule has 0 saturated carbocycles. The molecule has 72 valence electrons. The Balaban J connectivity index is 2.54. The second-order valence-electron chi connectivity index (χ2n) is 3.02. The zero-order valence-electron chi connectivity index (χ0n) is 7.90. The van der Waals surface area contributed by atoms with Gasteiger partial charge >= 0.3 is 0 Å². The first-order valence-corrected chi connectivity index (χ1v) is 4.98. The Morgan fingerprint density at radius 2 is 2.14 bits per heavy atom. The molecule has 2 heterocycles. The van der Waals surface area contributed by atoms with Gasteiger partial charge in [0.15, 0.2) is 10.6 Å². The smallest absolute Gasteiger partial charge is 0.198 e. The molecule has 5 heteroatoms. The molecule has 0 radical (unpaired) electrons. The molecule has 0 saturated heterocycles. The fraction of sp³-hybridized carbons (Fsp3) is 0.222. The molecule has 0 unspecified atom stereocenters. The number of hydrogen-bond acceptors (Lipinski definition) is 3. The van der Waals surface area contributed by atoms with Crippen LogP contribution in [-0.4, -0.2) is 19.7 Å². The van der Waals surface area contributed by atoms with Crippen LogP contribution in [0, 0.1) is 13.8 Å². The van der Waals surface area contributed by atoms with Gasteiger partial charge in [-0.2, -0.15) is 5.10 Å². The van der Waals surface area contributed by atoms with Crippen LogP contribution in [0.15, 0.2) is 23.1 Å². The third kappa shape index (κ3) is 1.68. The van der Waals surface area contributed by atoms with Crippen molar-refractivity contribution in [2.45, 2.75) is 13.8 Å². The molecule has 2 aromatic heterocycles. The Morgan fingerprint density at radius 1 is 1.36 bits per heavy atom. The molecular weight excluding hydrogens is 244 g/mol. The van der Waals surface area contributed by atoms with E-state index in [9.17, 15) is 0 Å². The van der Waals surface area contributed by atoms with Crippen molar-refractivity contribution in [2.75, 3.05) is 0 Å². The van der Waals surface area contributed by atoms with Gasteiger partial charge in [-0.05, 0) is 35.8 Å². The van der Waals surface area contributed by atoms with Gasteiger partial charge < -0.3 is 0 Å². The molecule has 14 heavy (non-hydrogen) atoms. The molecule has 0 bridgehead atoms. The summed E-state index contributed by atoms with van der Waals surface area (Å²) in [5.74, 6) is 0.775.